The van der Waals surface area contributed by atoms with Crippen molar-refractivity contribution in [1.82, 2.24) is 14.6 Å². The maximum absolute atomic E-state index is 4.63. The van der Waals surface area contributed by atoms with E-state index in [0.29, 0.717) is 6.71 Å². The summed E-state index contributed by atoms with van der Waals surface area (Å²) >= 11 is 0. The van der Waals surface area contributed by atoms with Gasteiger partial charge in [-0.15, -0.1) is 0 Å². The highest BCUT2D eigenvalue weighted by molar-refractivity contribution is 6.71. The fourth-order valence-electron chi connectivity index (χ4n) is 2.09. The zero-order valence-electron chi connectivity index (χ0n) is 10.5. The molecule has 0 fully saturated rings. The van der Waals surface area contributed by atoms with Gasteiger partial charge in [-0.25, -0.2) is 9.50 Å². The van der Waals surface area contributed by atoms with Crippen molar-refractivity contribution in [2.45, 2.75) is 40.3 Å². The first kappa shape index (κ1) is 11.2. The van der Waals surface area contributed by atoms with Gasteiger partial charge < -0.3 is 0 Å². The number of rotatable bonds is 3. The minimum absolute atomic E-state index is 0.524. The van der Waals surface area contributed by atoms with E-state index in [1.54, 1.807) is 0 Å². The smallest absolute Gasteiger partial charge is 0.199 e. The van der Waals surface area contributed by atoms with Crippen molar-refractivity contribution in [3.63, 3.8) is 0 Å². The molecule has 0 aromatic carbocycles. The molecule has 16 heavy (non-hydrogen) atoms. The Labute approximate surface area is 97.0 Å². The Kier molecular flexibility index (Phi) is 2.99. The summed E-state index contributed by atoms with van der Waals surface area (Å²) in [5.41, 5.74) is 4.38. The van der Waals surface area contributed by atoms with Gasteiger partial charge >= 0.3 is 0 Å². The third-order valence-corrected chi connectivity index (χ3v) is 2.98. The van der Waals surface area contributed by atoms with E-state index in [1.807, 2.05) is 17.6 Å². The number of hydrogen-bond donors (Lipinski definition) is 0. The van der Waals surface area contributed by atoms with Gasteiger partial charge in [-0.05, 0) is 25.5 Å². The Balaban J connectivity index is 2.48. The SMILES string of the molecule is CCCB(C)c1cc(C)c2nc(C)cn2n1. The molecule has 0 saturated carbocycles. The molecule has 0 atom stereocenters. The van der Waals surface area contributed by atoms with Crippen LogP contribution in [0.1, 0.15) is 24.6 Å². The molecule has 0 unspecified atom stereocenters. The molecular formula is C12H18BN3. The second-order valence-electron chi connectivity index (χ2n) is 4.59. The zero-order valence-corrected chi connectivity index (χ0v) is 10.5. The minimum Gasteiger partial charge on any atom is -0.232 e. The van der Waals surface area contributed by atoms with Crippen LogP contribution >= 0.6 is 0 Å². The van der Waals surface area contributed by atoms with Crippen LogP contribution < -0.4 is 5.59 Å². The minimum atomic E-state index is 0.524. The summed E-state index contributed by atoms with van der Waals surface area (Å²) in [5.74, 6) is 0. The third-order valence-electron chi connectivity index (χ3n) is 2.98. The van der Waals surface area contributed by atoms with E-state index in [4.69, 9.17) is 0 Å². The summed E-state index contributed by atoms with van der Waals surface area (Å²) in [6, 6.07) is 2.17. The lowest BCUT2D eigenvalue weighted by atomic mass is 9.46. The number of fused-ring (bicyclic) bond motifs is 1. The molecule has 0 radical (unpaired) electrons. The molecule has 0 spiro atoms. The predicted molar refractivity (Wildman–Crippen MR) is 68.8 cm³/mol. The van der Waals surface area contributed by atoms with Gasteiger partial charge in [-0.1, -0.05) is 26.5 Å². The first-order valence-electron chi connectivity index (χ1n) is 5.95. The zero-order chi connectivity index (χ0) is 11.7. The highest BCUT2D eigenvalue weighted by Gasteiger charge is 2.13. The van der Waals surface area contributed by atoms with Crippen molar-refractivity contribution < 1.29 is 0 Å². The number of hydrogen-bond acceptors (Lipinski definition) is 2. The molecule has 84 valence electrons. The molecule has 4 heteroatoms. The number of nitrogens with zero attached hydrogens (tertiary/aromatic N) is 3. The maximum atomic E-state index is 4.63. The Hall–Kier alpha value is -1.32. The topological polar surface area (TPSA) is 30.2 Å². The first-order chi connectivity index (χ1) is 7.61. The van der Waals surface area contributed by atoms with Gasteiger partial charge in [-0.2, -0.15) is 5.10 Å². The number of aromatic nitrogens is 3. The van der Waals surface area contributed by atoms with Crippen LogP contribution in [0.15, 0.2) is 12.3 Å². The molecule has 0 bridgehead atoms. The van der Waals surface area contributed by atoms with E-state index < -0.39 is 0 Å². The molecule has 2 heterocycles. The van der Waals surface area contributed by atoms with Crippen LogP contribution in [0.25, 0.3) is 5.65 Å². The summed E-state index contributed by atoms with van der Waals surface area (Å²) in [4.78, 5) is 4.46. The normalized spacial score (nSPS) is 11.0. The van der Waals surface area contributed by atoms with Gasteiger partial charge in [0, 0.05) is 5.59 Å². The molecule has 0 aliphatic rings. The van der Waals surface area contributed by atoms with Crippen LogP contribution in [0.5, 0.6) is 0 Å². The lowest BCUT2D eigenvalue weighted by Gasteiger charge is -2.08. The van der Waals surface area contributed by atoms with Crippen molar-refractivity contribution >= 4 is 18.0 Å². The van der Waals surface area contributed by atoms with E-state index in [1.165, 1.54) is 23.9 Å². The van der Waals surface area contributed by atoms with Crippen molar-refractivity contribution in [1.29, 1.82) is 0 Å². The quantitative estimate of drug-likeness (QED) is 0.734. The van der Waals surface area contributed by atoms with Crippen LogP contribution in [-0.2, 0) is 0 Å². The van der Waals surface area contributed by atoms with Crippen LogP contribution in [0.3, 0.4) is 0 Å². The van der Waals surface area contributed by atoms with Crippen LogP contribution in [0.4, 0.5) is 0 Å². The molecule has 0 amide bonds. The van der Waals surface area contributed by atoms with Crippen molar-refractivity contribution in [2.24, 2.45) is 0 Å². The molecular weight excluding hydrogens is 197 g/mol. The fraction of sp³-hybridized carbons (Fsp3) is 0.500. The van der Waals surface area contributed by atoms with Crippen molar-refractivity contribution in [3.8, 4) is 0 Å². The predicted octanol–water partition coefficient (Wildman–Crippen LogP) is 2.09. The monoisotopic (exact) mass is 215 g/mol. The van der Waals surface area contributed by atoms with Gasteiger partial charge in [0.05, 0.1) is 11.9 Å². The van der Waals surface area contributed by atoms with Gasteiger partial charge in [0.15, 0.2) is 12.4 Å². The standard InChI is InChI=1S/C12H18BN3/c1-5-6-13(4)11-7-9(2)12-14-10(3)8-16(12)15-11/h7-8H,5-6H2,1-4H3. The van der Waals surface area contributed by atoms with Gasteiger partial charge in [0.25, 0.3) is 0 Å². The highest BCUT2D eigenvalue weighted by Crippen LogP contribution is 2.07. The first-order valence-corrected chi connectivity index (χ1v) is 5.95. The second kappa shape index (κ2) is 4.28. The average molecular weight is 215 g/mol. The Morgan fingerprint density at radius 3 is 2.81 bits per heavy atom. The Morgan fingerprint density at radius 2 is 2.12 bits per heavy atom. The van der Waals surface area contributed by atoms with Crippen molar-refractivity contribution in [3.05, 3.63) is 23.5 Å². The van der Waals surface area contributed by atoms with Crippen LogP contribution in [0.2, 0.25) is 13.1 Å². The van der Waals surface area contributed by atoms with E-state index in [0.717, 1.165) is 11.3 Å². The van der Waals surface area contributed by atoms with Gasteiger partial charge in [-0.3, -0.25) is 0 Å². The molecule has 0 N–H and O–H groups in total. The van der Waals surface area contributed by atoms with Gasteiger partial charge in [0.1, 0.15) is 0 Å². The molecule has 2 aromatic heterocycles. The van der Waals surface area contributed by atoms with Gasteiger partial charge in [0.2, 0.25) is 0 Å². The third kappa shape index (κ3) is 1.97. The summed E-state index contributed by atoms with van der Waals surface area (Å²) in [6.07, 6.45) is 4.37. The summed E-state index contributed by atoms with van der Waals surface area (Å²) < 4.78 is 1.91. The Bertz CT molecular complexity index is 504. The lowest BCUT2D eigenvalue weighted by Crippen LogP contribution is -2.31. The number of aryl methyl sites for hydroxylation is 2. The molecule has 0 aliphatic carbocycles. The molecule has 0 saturated heterocycles. The molecule has 2 aromatic rings. The van der Waals surface area contributed by atoms with Crippen LogP contribution in [0, 0.1) is 13.8 Å². The molecule has 0 aliphatic heterocycles. The molecule has 2 rings (SSSR count). The van der Waals surface area contributed by atoms with Crippen molar-refractivity contribution in [2.75, 3.05) is 0 Å². The lowest BCUT2D eigenvalue weighted by molar-refractivity contribution is 0.942. The summed E-state index contributed by atoms with van der Waals surface area (Å²) in [7, 11) is 0. The number of imidazole rings is 1. The summed E-state index contributed by atoms with van der Waals surface area (Å²) in [5, 5.41) is 4.63. The molecule has 3 nitrogen and oxygen atoms in total. The summed E-state index contributed by atoms with van der Waals surface area (Å²) in [6.45, 7) is 9.08. The Morgan fingerprint density at radius 1 is 1.38 bits per heavy atom. The fourth-order valence-corrected chi connectivity index (χ4v) is 2.09. The average Bonchev–Trinajstić information content (AvgIpc) is 2.59. The van der Waals surface area contributed by atoms with E-state index in [-0.39, 0.29) is 0 Å². The van der Waals surface area contributed by atoms with E-state index in [9.17, 15) is 0 Å². The van der Waals surface area contributed by atoms with Crippen LogP contribution in [-0.4, -0.2) is 21.3 Å². The highest BCUT2D eigenvalue weighted by atomic mass is 15.2. The second-order valence-corrected chi connectivity index (χ2v) is 4.59. The van der Waals surface area contributed by atoms with E-state index >= 15 is 0 Å². The largest absolute Gasteiger partial charge is 0.232 e. The van der Waals surface area contributed by atoms with E-state index in [2.05, 4.69) is 36.8 Å². The maximum Gasteiger partial charge on any atom is 0.199 e.